The predicted molar refractivity (Wildman–Crippen MR) is 239 cm³/mol. The summed E-state index contributed by atoms with van der Waals surface area (Å²) >= 11 is 0. The van der Waals surface area contributed by atoms with Gasteiger partial charge in [-0.25, -0.2) is 0 Å². The summed E-state index contributed by atoms with van der Waals surface area (Å²) in [6, 6.07) is 78.2. The van der Waals surface area contributed by atoms with Crippen LogP contribution in [0.5, 0.6) is 0 Å². The molecule has 9 aromatic carbocycles. The van der Waals surface area contributed by atoms with Gasteiger partial charge in [-0.3, -0.25) is 0 Å². The summed E-state index contributed by atoms with van der Waals surface area (Å²) in [5.74, 6) is 0. The van der Waals surface area contributed by atoms with E-state index in [1.807, 2.05) is 12.1 Å². The summed E-state index contributed by atoms with van der Waals surface area (Å²) in [6.45, 7) is 0. The lowest BCUT2D eigenvalue weighted by atomic mass is 10.0. The average molecular weight is 729 g/mol. The molecule has 0 aliphatic rings. The van der Waals surface area contributed by atoms with E-state index in [0.29, 0.717) is 0 Å². The first-order chi connectivity index (χ1) is 28.2. The van der Waals surface area contributed by atoms with Crippen molar-refractivity contribution in [3.8, 4) is 39.1 Å². The fourth-order valence-electron chi connectivity index (χ4n) is 8.40. The molecule has 0 unspecified atom stereocenters. The van der Waals surface area contributed by atoms with E-state index in [4.69, 9.17) is 4.42 Å². The molecule has 0 atom stereocenters. The van der Waals surface area contributed by atoms with Crippen LogP contribution in [0.25, 0.3) is 82.8 Å². The van der Waals surface area contributed by atoms with Gasteiger partial charge in [-0.05, 0) is 118 Å². The van der Waals surface area contributed by atoms with Crippen LogP contribution < -0.4 is 4.90 Å². The predicted octanol–water partition coefficient (Wildman–Crippen LogP) is 15.2. The average Bonchev–Trinajstić information content (AvgIpc) is 3.83. The van der Waals surface area contributed by atoms with Gasteiger partial charge in [0, 0.05) is 44.3 Å². The number of aromatic nitrogens is 1. The Balaban J connectivity index is 0.970. The van der Waals surface area contributed by atoms with Crippen LogP contribution in [0.4, 0.5) is 17.1 Å². The van der Waals surface area contributed by atoms with Crippen molar-refractivity contribution < 1.29 is 4.42 Å². The van der Waals surface area contributed by atoms with Gasteiger partial charge < -0.3 is 13.9 Å². The molecule has 0 saturated heterocycles. The minimum atomic E-state index is 0.906. The van der Waals surface area contributed by atoms with Gasteiger partial charge >= 0.3 is 0 Å². The Morgan fingerprint density at radius 1 is 0.298 bits per heavy atom. The topological polar surface area (TPSA) is 21.3 Å². The van der Waals surface area contributed by atoms with E-state index in [0.717, 1.165) is 50.1 Å². The fraction of sp³-hybridized carbons (Fsp3) is 0. The summed E-state index contributed by atoms with van der Waals surface area (Å²) in [5.41, 5.74) is 15.7. The Bertz CT molecular complexity index is 3200. The number of para-hydroxylation sites is 3. The Hall–Kier alpha value is -7.62. The lowest BCUT2D eigenvalue weighted by Crippen LogP contribution is -2.09. The van der Waals surface area contributed by atoms with Gasteiger partial charge in [-0.2, -0.15) is 0 Å². The second kappa shape index (κ2) is 13.6. The molecule has 2 aromatic heterocycles. The molecule has 0 radical (unpaired) electrons. The molecule has 11 aromatic rings. The van der Waals surface area contributed by atoms with Crippen LogP contribution in [0.3, 0.4) is 0 Å². The smallest absolute Gasteiger partial charge is 0.135 e. The molecule has 0 amide bonds. The highest BCUT2D eigenvalue weighted by molar-refractivity contribution is 6.10. The number of benzene rings is 9. The maximum atomic E-state index is 6.11. The number of rotatable bonds is 7. The molecular weight excluding hydrogens is 693 g/mol. The van der Waals surface area contributed by atoms with Crippen LogP contribution in [0.15, 0.2) is 223 Å². The van der Waals surface area contributed by atoms with E-state index in [-0.39, 0.29) is 0 Å². The van der Waals surface area contributed by atoms with Crippen molar-refractivity contribution in [3.05, 3.63) is 218 Å². The number of anilines is 3. The Morgan fingerprint density at radius 2 is 0.737 bits per heavy atom. The van der Waals surface area contributed by atoms with Crippen LogP contribution in [0.1, 0.15) is 0 Å². The highest BCUT2D eigenvalue weighted by Gasteiger charge is 2.16. The molecule has 0 aliphatic carbocycles. The molecule has 0 N–H and O–H groups in total. The van der Waals surface area contributed by atoms with Crippen LogP contribution in [-0.4, -0.2) is 4.57 Å². The van der Waals surface area contributed by atoms with Crippen molar-refractivity contribution >= 4 is 60.8 Å². The van der Waals surface area contributed by atoms with Gasteiger partial charge in [0.2, 0.25) is 0 Å². The molecule has 0 saturated carbocycles. The van der Waals surface area contributed by atoms with Crippen molar-refractivity contribution in [2.24, 2.45) is 0 Å². The monoisotopic (exact) mass is 728 g/mol. The fourth-order valence-corrected chi connectivity index (χ4v) is 8.40. The summed E-state index contributed by atoms with van der Waals surface area (Å²) in [6.07, 6.45) is 0. The molecule has 0 bridgehead atoms. The zero-order valence-corrected chi connectivity index (χ0v) is 31.1. The number of fused-ring (bicyclic) bond motifs is 6. The van der Waals surface area contributed by atoms with Gasteiger partial charge in [0.25, 0.3) is 0 Å². The van der Waals surface area contributed by atoms with E-state index in [9.17, 15) is 0 Å². The van der Waals surface area contributed by atoms with Crippen molar-refractivity contribution in [1.82, 2.24) is 4.57 Å². The van der Waals surface area contributed by atoms with Gasteiger partial charge in [0.1, 0.15) is 11.2 Å². The van der Waals surface area contributed by atoms with E-state index < -0.39 is 0 Å². The maximum Gasteiger partial charge on any atom is 0.135 e. The largest absolute Gasteiger partial charge is 0.456 e. The lowest BCUT2D eigenvalue weighted by molar-refractivity contribution is 0.669. The molecule has 57 heavy (non-hydrogen) atoms. The molecule has 268 valence electrons. The summed E-state index contributed by atoms with van der Waals surface area (Å²) in [5, 5.41) is 4.77. The van der Waals surface area contributed by atoms with Crippen molar-refractivity contribution in [1.29, 1.82) is 0 Å². The molecular formula is C54H36N2O. The van der Waals surface area contributed by atoms with Crippen molar-refractivity contribution in [2.45, 2.75) is 0 Å². The zero-order chi connectivity index (χ0) is 37.7. The summed E-state index contributed by atoms with van der Waals surface area (Å²) in [7, 11) is 0. The van der Waals surface area contributed by atoms with Crippen LogP contribution in [0, 0.1) is 0 Å². The maximum absolute atomic E-state index is 6.11. The second-order valence-corrected chi connectivity index (χ2v) is 14.6. The molecule has 2 heterocycles. The first-order valence-electron chi connectivity index (χ1n) is 19.4. The third-order valence-electron chi connectivity index (χ3n) is 11.2. The number of nitrogens with zero attached hydrogens (tertiary/aromatic N) is 2. The van der Waals surface area contributed by atoms with Crippen molar-refractivity contribution in [2.75, 3.05) is 4.90 Å². The first kappa shape index (κ1) is 32.8. The van der Waals surface area contributed by atoms with E-state index in [2.05, 4.69) is 216 Å². The minimum absolute atomic E-state index is 0.906. The quantitative estimate of drug-likeness (QED) is 0.163. The van der Waals surface area contributed by atoms with Gasteiger partial charge in [0.05, 0.1) is 11.0 Å². The highest BCUT2D eigenvalue weighted by Crippen LogP contribution is 2.40. The Morgan fingerprint density at radius 3 is 1.39 bits per heavy atom. The normalized spacial score (nSPS) is 11.5. The number of hydrogen-bond acceptors (Lipinski definition) is 2. The minimum Gasteiger partial charge on any atom is -0.456 e. The Labute approximate surface area is 330 Å². The van der Waals surface area contributed by atoms with E-state index >= 15 is 0 Å². The number of furan rings is 1. The lowest BCUT2D eigenvalue weighted by Gasteiger charge is -2.26. The van der Waals surface area contributed by atoms with E-state index in [1.54, 1.807) is 0 Å². The number of hydrogen-bond donors (Lipinski definition) is 0. The van der Waals surface area contributed by atoms with Crippen LogP contribution in [-0.2, 0) is 0 Å². The SMILES string of the molecule is c1ccc(-c2ccc(N(c3ccc(-c4ccc5oc6ccccc6c5c4)cc3)c3ccc(-c4ccc5c(c4)c4ccccc4n5-c4ccccc4)cc3)cc2)cc1. The van der Waals surface area contributed by atoms with Crippen LogP contribution in [0.2, 0.25) is 0 Å². The van der Waals surface area contributed by atoms with Crippen LogP contribution >= 0.6 is 0 Å². The molecule has 3 heteroatoms. The Kier molecular flexibility index (Phi) is 7.82. The highest BCUT2D eigenvalue weighted by atomic mass is 16.3. The van der Waals surface area contributed by atoms with Gasteiger partial charge in [-0.15, -0.1) is 0 Å². The molecule has 3 nitrogen and oxygen atoms in total. The molecule has 0 aliphatic heterocycles. The molecule has 0 spiro atoms. The summed E-state index contributed by atoms with van der Waals surface area (Å²) < 4.78 is 8.47. The van der Waals surface area contributed by atoms with Gasteiger partial charge in [0.15, 0.2) is 0 Å². The van der Waals surface area contributed by atoms with Gasteiger partial charge in [-0.1, -0.05) is 133 Å². The second-order valence-electron chi connectivity index (χ2n) is 14.6. The van der Waals surface area contributed by atoms with E-state index in [1.165, 1.54) is 49.7 Å². The zero-order valence-electron chi connectivity index (χ0n) is 31.1. The standard InChI is InChI=1S/C54H36N2O/c1-3-11-37(12-4-1)38-19-27-44(28-20-38)55(46-31-23-40(24-32-46)42-26-34-54-50(36-42)48-16-8-10-18-53(48)57-54)45-29-21-39(22-30-45)41-25-33-52-49(35-41)47-15-7-9-17-51(47)56(52)43-13-5-2-6-14-43/h1-36H. The van der Waals surface area contributed by atoms with Crippen molar-refractivity contribution in [3.63, 3.8) is 0 Å². The molecule has 0 fully saturated rings. The third kappa shape index (κ3) is 5.76. The first-order valence-corrected chi connectivity index (χ1v) is 19.4. The summed E-state index contributed by atoms with van der Waals surface area (Å²) in [4.78, 5) is 2.34. The molecule has 11 rings (SSSR count). The third-order valence-corrected chi connectivity index (χ3v) is 11.2.